The second-order valence-corrected chi connectivity index (χ2v) is 6.49. The van der Waals surface area contributed by atoms with Crippen molar-refractivity contribution in [1.82, 2.24) is 0 Å². The van der Waals surface area contributed by atoms with Crippen LogP contribution in [0.1, 0.15) is 16.8 Å². The van der Waals surface area contributed by atoms with Crippen molar-refractivity contribution in [3.05, 3.63) is 29.8 Å². The van der Waals surface area contributed by atoms with Crippen molar-refractivity contribution in [2.45, 2.75) is 18.6 Å². The molecule has 0 radical (unpaired) electrons. The Morgan fingerprint density at radius 3 is 2.52 bits per heavy atom. The van der Waals surface area contributed by atoms with Crippen LogP contribution >= 0.6 is 11.8 Å². The van der Waals surface area contributed by atoms with Crippen LogP contribution in [0.15, 0.2) is 24.3 Å². The van der Waals surface area contributed by atoms with Gasteiger partial charge in [-0.15, -0.1) is 11.8 Å². The quantitative estimate of drug-likeness (QED) is 0.221. The predicted octanol–water partition coefficient (Wildman–Crippen LogP) is 0.298. The van der Waals surface area contributed by atoms with Crippen LogP contribution in [0.2, 0.25) is 0 Å². The molecule has 1 aromatic rings. The zero-order chi connectivity index (χ0) is 18.7. The molecule has 0 aliphatic rings. The maximum atomic E-state index is 12.3. The third kappa shape index (κ3) is 7.72. The largest absolute Gasteiger partial charge is 0.497 e. The number of ether oxygens (including phenoxy) is 2. The summed E-state index contributed by atoms with van der Waals surface area (Å²) in [6, 6.07) is 6.73. The summed E-state index contributed by atoms with van der Waals surface area (Å²) in [7, 11) is 1.52. The van der Waals surface area contributed by atoms with Gasteiger partial charge in [-0.2, -0.15) is 0 Å². The van der Waals surface area contributed by atoms with Crippen LogP contribution in [0, 0.1) is 5.92 Å². The molecule has 2 atom stereocenters. The van der Waals surface area contributed by atoms with Gasteiger partial charge in [-0.1, -0.05) is 12.1 Å². The van der Waals surface area contributed by atoms with E-state index in [4.69, 9.17) is 19.7 Å². The Kier molecular flexibility index (Phi) is 10.7. The molecule has 142 valence electrons. The van der Waals surface area contributed by atoms with E-state index in [2.05, 4.69) is 0 Å². The molecule has 1 aromatic carbocycles. The number of hydrogen-bond acceptors (Lipinski definition) is 8. The molecule has 0 aromatic heterocycles. The van der Waals surface area contributed by atoms with Crippen molar-refractivity contribution in [3.8, 4) is 5.75 Å². The van der Waals surface area contributed by atoms with Gasteiger partial charge >= 0.3 is 0 Å². The summed E-state index contributed by atoms with van der Waals surface area (Å²) in [6.07, 6.45) is -1.51. The molecule has 0 heterocycles. The number of rotatable bonds is 13. The summed E-state index contributed by atoms with van der Waals surface area (Å²) < 4.78 is 10.3. The van der Waals surface area contributed by atoms with Crippen molar-refractivity contribution >= 4 is 17.5 Å². The Hall–Kier alpha value is -1.16. The third-order valence-electron chi connectivity index (χ3n) is 3.70. The van der Waals surface area contributed by atoms with E-state index in [0.717, 1.165) is 0 Å². The minimum Gasteiger partial charge on any atom is -0.497 e. The molecule has 7 nitrogen and oxygen atoms in total. The maximum absolute atomic E-state index is 12.3. The lowest BCUT2D eigenvalue weighted by molar-refractivity contribution is 0.00183. The third-order valence-corrected chi connectivity index (χ3v) is 4.58. The maximum Gasteiger partial charge on any atom is 0.163 e. The molecular formula is C17H26O7S. The summed E-state index contributed by atoms with van der Waals surface area (Å²) in [5.74, 6) is 0.254. The van der Waals surface area contributed by atoms with Crippen LogP contribution in [0.5, 0.6) is 5.75 Å². The fourth-order valence-corrected chi connectivity index (χ4v) is 2.99. The minimum absolute atomic E-state index is 0.0160. The highest BCUT2D eigenvalue weighted by Gasteiger charge is 2.23. The lowest BCUT2D eigenvalue weighted by Crippen LogP contribution is -2.29. The van der Waals surface area contributed by atoms with Gasteiger partial charge in [-0.25, -0.2) is 0 Å². The summed E-state index contributed by atoms with van der Waals surface area (Å²) in [5, 5.41) is 37.4. The fraction of sp³-hybridized carbons (Fsp3) is 0.588. The second-order valence-electron chi connectivity index (χ2n) is 5.51. The number of Topliss-reactive ketones (excluding diaryl/α,β-unsaturated/α-hetero) is 1. The Bertz CT molecular complexity index is 508. The Morgan fingerprint density at radius 2 is 1.92 bits per heavy atom. The Labute approximate surface area is 151 Å². The number of ketones is 1. The van der Waals surface area contributed by atoms with Crippen molar-refractivity contribution in [3.63, 3.8) is 0 Å². The SMILES string of the molecule is COc1cccc(C(=O)CC(CO)C(O)CSCOC(CO)CO)c1. The first-order valence-electron chi connectivity index (χ1n) is 7.92. The smallest absolute Gasteiger partial charge is 0.163 e. The zero-order valence-corrected chi connectivity index (χ0v) is 15.0. The van der Waals surface area contributed by atoms with Gasteiger partial charge in [0.15, 0.2) is 5.78 Å². The van der Waals surface area contributed by atoms with E-state index in [9.17, 15) is 15.0 Å². The first-order chi connectivity index (χ1) is 12.0. The molecule has 0 bridgehead atoms. The molecule has 25 heavy (non-hydrogen) atoms. The Balaban J connectivity index is 2.47. The van der Waals surface area contributed by atoms with Crippen LogP contribution in [-0.4, -0.2) is 77.0 Å². The van der Waals surface area contributed by atoms with Crippen molar-refractivity contribution < 1.29 is 34.7 Å². The Morgan fingerprint density at radius 1 is 1.20 bits per heavy atom. The molecule has 8 heteroatoms. The molecule has 0 spiro atoms. The zero-order valence-electron chi connectivity index (χ0n) is 14.2. The van der Waals surface area contributed by atoms with Gasteiger partial charge in [0.2, 0.25) is 0 Å². The molecule has 0 aliphatic heterocycles. The van der Waals surface area contributed by atoms with E-state index in [1.807, 2.05) is 0 Å². The highest BCUT2D eigenvalue weighted by Crippen LogP contribution is 2.20. The van der Waals surface area contributed by atoms with Gasteiger partial charge in [-0.3, -0.25) is 4.79 Å². The molecule has 0 aliphatic carbocycles. The highest BCUT2D eigenvalue weighted by molar-refractivity contribution is 7.99. The molecule has 0 fully saturated rings. The number of carbonyl (C=O) groups is 1. The number of methoxy groups -OCH3 is 1. The van der Waals surface area contributed by atoms with E-state index < -0.39 is 18.1 Å². The molecular weight excluding hydrogens is 348 g/mol. The highest BCUT2D eigenvalue weighted by atomic mass is 32.2. The second kappa shape index (κ2) is 12.2. The number of aliphatic hydroxyl groups is 4. The standard InChI is InChI=1S/C17H26O7S/c1-23-14-4-2-3-12(5-14)16(21)6-13(7-18)17(22)10-25-11-24-15(8-19)9-20/h2-5,13,15,17-20,22H,6-11H2,1H3. The van der Waals surface area contributed by atoms with Gasteiger partial charge < -0.3 is 29.9 Å². The van der Waals surface area contributed by atoms with E-state index in [-0.39, 0.29) is 43.7 Å². The fourth-order valence-electron chi connectivity index (χ4n) is 2.09. The van der Waals surface area contributed by atoms with Crippen LogP contribution < -0.4 is 4.74 Å². The van der Waals surface area contributed by atoms with Gasteiger partial charge in [0.1, 0.15) is 11.9 Å². The topological polar surface area (TPSA) is 116 Å². The molecule has 4 N–H and O–H groups in total. The van der Waals surface area contributed by atoms with Crippen molar-refractivity contribution in [2.24, 2.45) is 5.92 Å². The van der Waals surface area contributed by atoms with Crippen molar-refractivity contribution in [2.75, 3.05) is 38.6 Å². The van der Waals surface area contributed by atoms with E-state index in [0.29, 0.717) is 11.3 Å². The molecule has 2 unspecified atom stereocenters. The van der Waals surface area contributed by atoms with Gasteiger partial charge in [-0.05, 0) is 12.1 Å². The molecule has 0 saturated carbocycles. The summed E-state index contributed by atoms with van der Waals surface area (Å²) in [5.41, 5.74) is 0.467. The van der Waals surface area contributed by atoms with E-state index in [1.54, 1.807) is 24.3 Å². The van der Waals surface area contributed by atoms with E-state index >= 15 is 0 Å². The van der Waals surface area contributed by atoms with Crippen LogP contribution in [0.4, 0.5) is 0 Å². The van der Waals surface area contributed by atoms with Crippen molar-refractivity contribution in [1.29, 1.82) is 0 Å². The minimum atomic E-state index is -0.880. The molecule has 0 saturated heterocycles. The number of aliphatic hydroxyl groups excluding tert-OH is 4. The van der Waals surface area contributed by atoms with Gasteiger partial charge in [0.05, 0.1) is 32.4 Å². The van der Waals surface area contributed by atoms with Gasteiger partial charge in [0.25, 0.3) is 0 Å². The number of thioether (sulfide) groups is 1. The van der Waals surface area contributed by atoms with E-state index in [1.165, 1.54) is 18.9 Å². The molecule has 0 amide bonds. The predicted molar refractivity (Wildman–Crippen MR) is 94.9 cm³/mol. The number of benzene rings is 1. The first kappa shape index (κ1) is 21.9. The van der Waals surface area contributed by atoms with Gasteiger partial charge in [0, 0.05) is 30.3 Å². The normalized spacial score (nSPS) is 13.7. The van der Waals surface area contributed by atoms with Crippen LogP contribution in [0.25, 0.3) is 0 Å². The average Bonchev–Trinajstić information content (AvgIpc) is 2.65. The monoisotopic (exact) mass is 374 g/mol. The van der Waals surface area contributed by atoms with Crippen LogP contribution in [0.3, 0.4) is 0 Å². The number of hydrogen-bond donors (Lipinski definition) is 4. The molecule has 1 rings (SSSR count). The average molecular weight is 374 g/mol. The lowest BCUT2D eigenvalue weighted by Gasteiger charge is -2.20. The number of carbonyl (C=O) groups excluding carboxylic acids is 1. The first-order valence-corrected chi connectivity index (χ1v) is 9.08. The van der Waals surface area contributed by atoms with Crippen LogP contribution in [-0.2, 0) is 4.74 Å². The summed E-state index contributed by atoms with van der Waals surface area (Å²) in [4.78, 5) is 12.3. The lowest BCUT2D eigenvalue weighted by atomic mass is 9.95. The summed E-state index contributed by atoms with van der Waals surface area (Å²) >= 11 is 1.26. The summed E-state index contributed by atoms with van der Waals surface area (Å²) in [6.45, 7) is -0.879.